The molecule has 0 saturated carbocycles. The van der Waals surface area contributed by atoms with Crippen LogP contribution in [0.5, 0.6) is 5.75 Å². The zero-order valence-electron chi connectivity index (χ0n) is 24.2. The molecule has 0 amide bonds. The molecule has 1 saturated heterocycles. The molecule has 0 atom stereocenters. The highest BCUT2D eigenvalue weighted by Gasteiger charge is 2.39. The second kappa shape index (κ2) is 13.0. The van der Waals surface area contributed by atoms with Gasteiger partial charge in [-0.05, 0) is 47.2 Å². The van der Waals surface area contributed by atoms with Crippen molar-refractivity contribution >= 4 is 17.8 Å². The molecule has 1 aliphatic heterocycles. The number of para-hydroxylation sites is 1. The van der Waals surface area contributed by atoms with Crippen LogP contribution in [0.2, 0.25) is 5.02 Å². The number of aromatic nitrogens is 2. The van der Waals surface area contributed by atoms with Crippen molar-refractivity contribution in [3.63, 3.8) is 0 Å². The summed E-state index contributed by atoms with van der Waals surface area (Å²) >= 11 is 6.50. The minimum absolute atomic E-state index is 0.431. The van der Waals surface area contributed by atoms with Crippen LogP contribution in [0.15, 0.2) is 71.3 Å². The Kier molecular flexibility index (Phi) is 9.14. The van der Waals surface area contributed by atoms with Crippen molar-refractivity contribution in [3.8, 4) is 28.6 Å². The third-order valence-corrected chi connectivity index (χ3v) is 8.10. The van der Waals surface area contributed by atoms with E-state index in [1.54, 1.807) is 7.11 Å². The van der Waals surface area contributed by atoms with Crippen LogP contribution >= 0.6 is 11.6 Å². The van der Waals surface area contributed by atoms with Gasteiger partial charge in [-0.3, -0.25) is 4.90 Å². The molecule has 0 unspecified atom stereocenters. The van der Waals surface area contributed by atoms with Crippen LogP contribution in [0.1, 0.15) is 43.4 Å². The van der Waals surface area contributed by atoms with Crippen LogP contribution in [0.4, 0.5) is 4.79 Å². The van der Waals surface area contributed by atoms with Crippen LogP contribution in [0.25, 0.3) is 22.8 Å². The van der Waals surface area contributed by atoms with Gasteiger partial charge in [0.15, 0.2) is 0 Å². The van der Waals surface area contributed by atoms with Gasteiger partial charge in [-0.25, -0.2) is 4.79 Å². The van der Waals surface area contributed by atoms with E-state index in [1.165, 1.54) is 0 Å². The number of carbonyl (C=O) groups is 1. The molecular weight excluding hydrogens is 554 g/mol. The molecule has 4 aromatic rings. The monoisotopic (exact) mass is 589 g/mol. The van der Waals surface area contributed by atoms with Gasteiger partial charge in [0.25, 0.3) is 5.89 Å². The van der Waals surface area contributed by atoms with E-state index in [0.29, 0.717) is 41.9 Å². The van der Waals surface area contributed by atoms with Gasteiger partial charge < -0.3 is 19.1 Å². The molecule has 1 aromatic heterocycles. The Morgan fingerprint density at radius 3 is 2.43 bits per heavy atom. The van der Waals surface area contributed by atoms with Crippen molar-refractivity contribution in [2.75, 3.05) is 20.2 Å². The highest BCUT2D eigenvalue weighted by molar-refractivity contribution is 6.31. The molecule has 42 heavy (non-hydrogen) atoms. The average molecular weight is 590 g/mol. The SMILES string of the molecule is COc1ccccc1CC1(OC(=O)O)CCN(Cc2ccc(-c3noc(-c4ccc(CC(C)C)c(Cl)c4)n3)cc2)CC1. The number of methoxy groups -OCH3 is 1. The van der Waals surface area contributed by atoms with Crippen molar-refractivity contribution in [2.45, 2.75) is 51.7 Å². The van der Waals surface area contributed by atoms with Crippen molar-refractivity contribution < 1.29 is 23.9 Å². The average Bonchev–Trinajstić information content (AvgIpc) is 3.46. The van der Waals surface area contributed by atoms with Crippen molar-refractivity contribution in [1.29, 1.82) is 0 Å². The zero-order chi connectivity index (χ0) is 29.7. The third kappa shape index (κ3) is 7.12. The number of ether oxygens (including phenoxy) is 2. The Bertz CT molecular complexity index is 1510. The Balaban J connectivity index is 1.21. The maximum Gasteiger partial charge on any atom is 0.506 e. The number of likely N-dealkylation sites (tertiary alicyclic amines) is 1. The summed E-state index contributed by atoms with van der Waals surface area (Å²) in [4.78, 5) is 18.5. The van der Waals surface area contributed by atoms with Gasteiger partial charge in [-0.15, -0.1) is 0 Å². The lowest BCUT2D eigenvalue weighted by atomic mass is 9.84. The molecular formula is C33H36ClN3O5. The summed E-state index contributed by atoms with van der Waals surface area (Å²) in [5.41, 5.74) is 4.07. The van der Waals surface area contributed by atoms with Gasteiger partial charge in [0.2, 0.25) is 5.82 Å². The highest BCUT2D eigenvalue weighted by atomic mass is 35.5. The fraction of sp³-hybridized carbons (Fsp3) is 0.364. The van der Waals surface area contributed by atoms with Crippen LogP contribution in [0, 0.1) is 5.92 Å². The van der Waals surface area contributed by atoms with Crippen molar-refractivity contribution in [3.05, 3.63) is 88.4 Å². The number of hydrogen-bond acceptors (Lipinski definition) is 7. The summed E-state index contributed by atoms with van der Waals surface area (Å²) < 4.78 is 16.5. The Morgan fingerprint density at radius 2 is 1.76 bits per heavy atom. The number of halogens is 1. The second-order valence-electron chi connectivity index (χ2n) is 11.3. The standard InChI is InChI=1S/C33H36ClN3O5/c1-22(2)18-25-12-13-26(19-28(25)34)31-35-30(36-42-31)24-10-8-23(9-11-24)21-37-16-14-33(15-17-37,41-32(38)39)20-27-6-4-5-7-29(27)40-3/h4-13,19,22H,14-18,20-21H2,1-3H3,(H,38,39). The molecule has 1 fully saturated rings. The minimum Gasteiger partial charge on any atom is -0.496 e. The number of piperidine rings is 1. The van der Waals surface area contributed by atoms with Gasteiger partial charge in [0.05, 0.1) is 7.11 Å². The maximum absolute atomic E-state index is 11.6. The van der Waals surface area contributed by atoms with Crippen LogP contribution < -0.4 is 4.74 Å². The summed E-state index contributed by atoms with van der Waals surface area (Å²) in [7, 11) is 1.62. The first-order chi connectivity index (χ1) is 20.2. The largest absolute Gasteiger partial charge is 0.506 e. The molecule has 0 aliphatic carbocycles. The first-order valence-corrected chi connectivity index (χ1v) is 14.6. The zero-order valence-corrected chi connectivity index (χ0v) is 24.9. The second-order valence-corrected chi connectivity index (χ2v) is 11.7. The van der Waals surface area contributed by atoms with E-state index in [0.717, 1.165) is 59.6 Å². The molecule has 0 radical (unpaired) electrons. The van der Waals surface area contributed by atoms with Gasteiger partial charge in [0, 0.05) is 55.0 Å². The summed E-state index contributed by atoms with van der Waals surface area (Å²) in [5.74, 6) is 2.21. The Morgan fingerprint density at radius 1 is 1.05 bits per heavy atom. The number of rotatable bonds is 10. The fourth-order valence-electron chi connectivity index (χ4n) is 5.58. The lowest BCUT2D eigenvalue weighted by molar-refractivity contribution is -0.0572. The predicted molar refractivity (Wildman–Crippen MR) is 162 cm³/mol. The fourth-order valence-corrected chi connectivity index (χ4v) is 5.83. The highest BCUT2D eigenvalue weighted by Crippen LogP contribution is 2.34. The summed E-state index contributed by atoms with van der Waals surface area (Å²) in [6.45, 7) is 6.52. The number of carboxylic acid groups (broad SMARTS) is 1. The predicted octanol–water partition coefficient (Wildman–Crippen LogP) is 7.54. The Hall–Kier alpha value is -3.88. The molecule has 1 N–H and O–H groups in total. The first-order valence-electron chi connectivity index (χ1n) is 14.2. The van der Waals surface area contributed by atoms with E-state index in [9.17, 15) is 9.90 Å². The quantitative estimate of drug-likeness (QED) is 0.189. The third-order valence-electron chi connectivity index (χ3n) is 7.75. The number of benzene rings is 3. The van der Waals surface area contributed by atoms with Gasteiger partial charge in [0.1, 0.15) is 11.4 Å². The summed E-state index contributed by atoms with van der Waals surface area (Å²) in [6, 6.07) is 21.7. The lowest BCUT2D eigenvalue weighted by Crippen LogP contribution is -2.48. The van der Waals surface area contributed by atoms with E-state index >= 15 is 0 Å². The molecule has 0 bridgehead atoms. The van der Waals surface area contributed by atoms with Gasteiger partial charge >= 0.3 is 6.16 Å². The van der Waals surface area contributed by atoms with Crippen LogP contribution in [-0.4, -0.2) is 52.1 Å². The minimum atomic E-state index is -1.25. The van der Waals surface area contributed by atoms with E-state index in [4.69, 9.17) is 25.6 Å². The van der Waals surface area contributed by atoms with Gasteiger partial charge in [-0.1, -0.05) is 79.1 Å². The Labute approximate surface area is 251 Å². The molecule has 1 aliphatic rings. The molecule has 2 heterocycles. The van der Waals surface area contributed by atoms with Crippen molar-refractivity contribution in [1.82, 2.24) is 15.0 Å². The molecule has 0 spiro atoms. The van der Waals surface area contributed by atoms with E-state index in [2.05, 4.69) is 41.0 Å². The normalized spacial score (nSPS) is 15.1. The van der Waals surface area contributed by atoms with E-state index < -0.39 is 11.8 Å². The first kappa shape index (κ1) is 29.6. The molecule has 3 aromatic carbocycles. The van der Waals surface area contributed by atoms with E-state index in [1.807, 2.05) is 54.6 Å². The lowest BCUT2D eigenvalue weighted by Gasteiger charge is -2.40. The number of nitrogens with zero attached hydrogens (tertiary/aromatic N) is 3. The van der Waals surface area contributed by atoms with E-state index in [-0.39, 0.29) is 0 Å². The molecule has 9 heteroatoms. The summed E-state index contributed by atoms with van der Waals surface area (Å²) in [6.07, 6.45) is 1.35. The van der Waals surface area contributed by atoms with Crippen LogP contribution in [0.3, 0.4) is 0 Å². The van der Waals surface area contributed by atoms with Crippen LogP contribution in [-0.2, 0) is 24.1 Å². The topological polar surface area (TPSA) is 97.9 Å². The van der Waals surface area contributed by atoms with Gasteiger partial charge in [-0.2, -0.15) is 4.98 Å². The smallest absolute Gasteiger partial charge is 0.496 e. The molecule has 5 rings (SSSR count). The maximum atomic E-state index is 11.6. The number of hydrogen-bond donors (Lipinski definition) is 1. The molecule has 220 valence electrons. The summed E-state index contributed by atoms with van der Waals surface area (Å²) in [5, 5.41) is 14.4. The van der Waals surface area contributed by atoms with Crippen molar-refractivity contribution in [2.24, 2.45) is 5.92 Å². The molecule has 8 nitrogen and oxygen atoms in total.